The molecule has 1 N–H and O–H groups in total. The second-order valence-electron chi connectivity index (χ2n) is 6.66. The van der Waals surface area contributed by atoms with Gasteiger partial charge >= 0.3 is 0 Å². The number of hydrogen-bond donors (Lipinski definition) is 1. The molecular formula is C19H20N4O2S. The Bertz CT molecular complexity index is 1080. The number of aliphatic hydroxyl groups is 1. The van der Waals surface area contributed by atoms with Gasteiger partial charge in [-0.15, -0.1) is 11.3 Å². The summed E-state index contributed by atoms with van der Waals surface area (Å²) in [5.41, 5.74) is 1.62. The second kappa shape index (κ2) is 6.42. The molecule has 0 spiro atoms. The summed E-state index contributed by atoms with van der Waals surface area (Å²) in [7, 11) is 3.52. The van der Waals surface area contributed by atoms with Crippen LogP contribution in [-0.4, -0.2) is 38.6 Å². The normalized spacial score (nSPS) is 14.2. The highest BCUT2D eigenvalue weighted by atomic mass is 32.1. The molecule has 0 aliphatic rings. The molecule has 0 fully saturated rings. The van der Waals surface area contributed by atoms with Gasteiger partial charge < -0.3 is 9.84 Å². The van der Waals surface area contributed by atoms with Crippen molar-refractivity contribution < 1.29 is 9.84 Å². The van der Waals surface area contributed by atoms with Gasteiger partial charge in [0, 0.05) is 60.8 Å². The van der Waals surface area contributed by atoms with Gasteiger partial charge in [-0.25, -0.2) is 9.97 Å². The predicted molar refractivity (Wildman–Crippen MR) is 103 cm³/mol. The minimum atomic E-state index is -0.919. The molecule has 4 aromatic heterocycles. The molecule has 6 nitrogen and oxygen atoms in total. The first-order chi connectivity index (χ1) is 12.5. The molecule has 0 unspecified atom stereocenters. The Morgan fingerprint density at radius 3 is 2.92 bits per heavy atom. The van der Waals surface area contributed by atoms with Crippen molar-refractivity contribution in [3.8, 4) is 11.3 Å². The van der Waals surface area contributed by atoms with Gasteiger partial charge in [0.05, 0.1) is 11.3 Å². The van der Waals surface area contributed by atoms with Crippen LogP contribution >= 0.6 is 11.3 Å². The van der Waals surface area contributed by atoms with Crippen LogP contribution in [0.1, 0.15) is 18.2 Å². The SMILES string of the molecule is COCC[C@](C)(O)c1cc2ccc(-c3cnc4nn(C)cc4c3)nc2s1. The molecule has 4 rings (SSSR count). The zero-order chi connectivity index (χ0) is 18.3. The summed E-state index contributed by atoms with van der Waals surface area (Å²) in [6.45, 7) is 2.33. The highest BCUT2D eigenvalue weighted by Crippen LogP contribution is 2.35. The van der Waals surface area contributed by atoms with Crippen molar-refractivity contribution in [2.24, 2.45) is 7.05 Å². The Kier molecular flexibility index (Phi) is 4.22. The van der Waals surface area contributed by atoms with Crippen LogP contribution in [0.4, 0.5) is 0 Å². The van der Waals surface area contributed by atoms with Gasteiger partial charge in [0.15, 0.2) is 5.65 Å². The van der Waals surface area contributed by atoms with E-state index in [9.17, 15) is 5.11 Å². The topological polar surface area (TPSA) is 73.1 Å². The number of fused-ring (bicyclic) bond motifs is 2. The molecule has 134 valence electrons. The zero-order valence-electron chi connectivity index (χ0n) is 14.9. The molecule has 0 bridgehead atoms. The lowest BCUT2D eigenvalue weighted by Gasteiger charge is -2.20. The molecular weight excluding hydrogens is 348 g/mol. The fourth-order valence-corrected chi connectivity index (χ4v) is 4.05. The lowest BCUT2D eigenvalue weighted by molar-refractivity contribution is 0.0242. The van der Waals surface area contributed by atoms with Crippen LogP contribution in [0.3, 0.4) is 0 Å². The van der Waals surface area contributed by atoms with Gasteiger partial charge in [0.25, 0.3) is 0 Å². The van der Waals surface area contributed by atoms with Crippen LogP contribution in [0.15, 0.2) is 36.7 Å². The molecule has 0 amide bonds. The maximum atomic E-state index is 10.7. The average molecular weight is 368 g/mol. The second-order valence-corrected chi connectivity index (χ2v) is 7.69. The van der Waals surface area contributed by atoms with E-state index in [0.29, 0.717) is 13.0 Å². The number of aromatic nitrogens is 4. The molecule has 0 radical (unpaired) electrons. The largest absolute Gasteiger partial charge is 0.385 e. The van der Waals surface area contributed by atoms with Crippen LogP contribution in [0, 0.1) is 0 Å². The van der Waals surface area contributed by atoms with Crippen LogP contribution in [-0.2, 0) is 17.4 Å². The Morgan fingerprint density at radius 1 is 1.27 bits per heavy atom. The van der Waals surface area contributed by atoms with Crippen LogP contribution in [0.5, 0.6) is 0 Å². The Labute approximate surface area is 155 Å². The summed E-state index contributed by atoms with van der Waals surface area (Å²) in [5.74, 6) is 0. The Balaban J connectivity index is 1.72. The first kappa shape index (κ1) is 17.1. The van der Waals surface area contributed by atoms with Crippen molar-refractivity contribution in [3.05, 3.63) is 41.5 Å². The molecule has 4 aromatic rings. The van der Waals surface area contributed by atoms with Crippen molar-refractivity contribution in [2.45, 2.75) is 18.9 Å². The minimum absolute atomic E-state index is 0.511. The summed E-state index contributed by atoms with van der Waals surface area (Å²) in [4.78, 5) is 11.0. The van der Waals surface area contributed by atoms with E-state index in [0.717, 1.165) is 37.4 Å². The number of methoxy groups -OCH3 is 1. The van der Waals surface area contributed by atoms with E-state index in [2.05, 4.69) is 10.1 Å². The third kappa shape index (κ3) is 3.09. The van der Waals surface area contributed by atoms with Gasteiger partial charge in [0.2, 0.25) is 0 Å². The van der Waals surface area contributed by atoms with E-state index in [1.54, 1.807) is 18.0 Å². The quantitative estimate of drug-likeness (QED) is 0.584. The van der Waals surface area contributed by atoms with E-state index in [1.165, 1.54) is 11.3 Å². The Hall–Kier alpha value is -2.35. The third-order valence-corrected chi connectivity index (χ3v) is 5.77. The standard InChI is InChI=1S/C19H20N4O2S/c1-19(24,6-7-25-3)16-9-12-4-5-15(21-18(12)26-16)13-8-14-11-23(2)22-17(14)20-10-13/h4-5,8-11,24H,6-7H2,1-3H3/t19-/m0/s1. The predicted octanol–water partition coefficient (Wildman–Crippen LogP) is 3.49. The number of hydrogen-bond acceptors (Lipinski definition) is 6. The molecule has 7 heteroatoms. The fraction of sp³-hybridized carbons (Fsp3) is 0.316. The Morgan fingerprint density at radius 2 is 2.12 bits per heavy atom. The summed E-state index contributed by atoms with van der Waals surface area (Å²) in [6, 6.07) is 8.08. The highest BCUT2D eigenvalue weighted by molar-refractivity contribution is 7.18. The molecule has 0 aliphatic heterocycles. The summed E-state index contributed by atoms with van der Waals surface area (Å²) < 4.78 is 6.86. The van der Waals surface area contributed by atoms with E-state index < -0.39 is 5.60 Å². The van der Waals surface area contributed by atoms with Gasteiger partial charge in [-0.05, 0) is 31.2 Å². The van der Waals surface area contributed by atoms with Crippen LogP contribution in [0.25, 0.3) is 32.5 Å². The van der Waals surface area contributed by atoms with E-state index in [4.69, 9.17) is 9.72 Å². The summed E-state index contributed by atoms with van der Waals surface area (Å²) in [6.07, 6.45) is 4.29. The summed E-state index contributed by atoms with van der Waals surface area (Å²) >= 11 is 1.52. The monoisotopic (exact) mass is 368 g/mol. The maximum absolute atomic E-state index is 10.7. The maximum Gasteiger partial charge on any atom is 0.181 e. The van der Waals surface area contributed by atoms with Gasteiger partial charge in [-0.1, -0.05) is 0 Å². The van der Waals surface area contributed by atoms with E-state index in [1.807, 2.05) is 44.4 Å². The van der Waals surface area contributed by atoms with Crippen molar-refractivity contribution in [1.29, 1.82) is 0 Å². The third-order valence-electron chi connectivity index (χ3n) is 4.48. The number of pyridine rings is 2. The molecule has 1 atom stereocenters. The van der Waals surface area contributed by atoms with Crippen molar-refractivity contribution in [1.82, 2.24) is 19.7 Å². The average Bonchev–Trinajstić information content (AvgIpc) is 3.21. The molecule has 0 aromatic carbocycles. The molecule has 4 heterocycles. The molecule has 0 saturated carbocycles. The van der Waals surface area contributed by atoms with Crippen molar-refractivity contribution in [2.75, 3.05) is 13.7 Å². The fourth-order valence-electron chi connectivity index (χ4n) is 2.94. The zero-order valence-corrected chi connectivity index (χ0v) is 15.7. The summed E-state index contributed by atoms with van der Waals surface area (Å²) in [5, 5.41) is 17.0. The van der Waals surface area contributed by atoms with E-state index in [-0.39, 0.29) is 0 Å². The van der Waals surface area contributed by atoms with Gasteiger partial charge in [-0.3, -0.25) is 4.68 Å². The highest BCUT2D eigenvalue weighted by Gasteiger charge is 2.25. The molecule has 26 heavy (non-hydrogen) atoms. The lowest BCUT2D eigenvalue weighted by atomic mass is 10.0. The van der Waals surface area contributed by atoms with E-state index >= 15 is 0 Å². The smallest absolute Gasteiger partial charge is 0.181 e. The van der Waals surface area contributed by atoms with Crippen molar-refractivity contribution >= 4 is 32.6 Å². The number of aryl methyl sites for hydroxylation is 1. The number of thiophene rings is 1. The van der Waals surface area contributed by atoms with Gasteiger partial charge in [-0.2, -0.15) is 5.10 Å². The van der Waals surface area contributed by atoms with Crippen LogP contribution in [0.2, 0.25) is 0 Å². The first-order valence-corrected chi connectivity index (χ1v) is 9.20. The number of ether oxygens (including phenoxy) is 1. The first-order valence-electron chi connectivity index (χ1n) is 8.38. The van der Waals surface area contributed by atoms with Gasteiger partial charge in [0.1, 0.15) is 4.83 Å². The minimum Gasteiger partial charge on any atom is -0.385 e. The molecule has 0 saturated heterocycles. The van der Waals surface area contributed by atoms with Crippen molar-refractivity contribution in [3.63, 3.8) is 0 Å². The van der Waals surface area contributed by atoms with Crippen LogP contribution < -0.4 is 0 Å². The molecule has 0 aliphatic carbocycles. The lowest BCUT2D eigenvalue weighted by Crippen LogP contribution is -2.21. The number of nitrogens with zero attached hydrogens (tertiary/aromatic N) is 4. The number of rotatable bonds is 5.